The molecule has 0 saturated carbocycles. The maximum atomic E-state index is 10.6. The van der Waals surface area contributed by atoms with Crippen molar-refractivity contribution in [3.8, 4) is 0 Å². The summed E-state index contributed by atoms with van der Waals surface area (Å²) in [6, 6.07) is 0. The molecule has 0 aliphatic carbocycles. The van der Waals surface area contributed by atoms with Gasteiger partial charge in [0.2, 0.25) is 0 Å². The fraction of sp³-hybridized carbons (Fsp3) is 1.00. The number of nitrogens with two attached hydrogens (primary N) is 2. The molecule has 68 valence electrons. The number of rotatable bonds is 3. The Morgan fingerprint density at radius 1 is 1.55 bits per heavy atom. The standard InChI is InChI=1S/C5H14N2O3S/c1-3-4(5(2,6)7)11(8,9)10/h4H,3,6-7H2,1-2H3,(H,8,9,10). The fourth-order valence-corrected chi connectivity index (χ4v) is 2.03. The smallest absolute Gasteiger partial charge is 0.270 e. The van der Waals surface area contributed by atoms with E-state index in [4.69, 9.17) is 16.0 Å². The van der Waals surface area contributed by atoms with Crippen LogP contribution in [0.15, 0.2) is 0 Å². The maximum absolute atomic E-state index is 10.6. The highest BCUT2D eigenvalue weighted by atomic mass is 32.2. The van der Waals surface area contributed by atoms with E-state index in [0.717, 1.165) is 0 Å². The average Bonchev–Trinajstić information content (AvgIpc) is 1.56. The van der Waals surface area contributed by atoms with Crippen LogP contribution in [0, 0.1) is 0 Å². The van der Waals surface area contributed by atoms with E-state index in [9.17, 15) is 8.42 Å². The van der Waals surface area contributed by atoms with Gasteiger partial charge in [0.1, 0.15) is 5.25 Å². The molecule has 0 aromatic carbocycles. The summed E-state index contributed by atoms with van der Waals surface area (Å²) in [5, 5.41) is -1.10. The second kappa shape index (κ2) is 3.06. The Balaban J connectivity index is 4.72. The van der Waals surface area contributed by atoms with Crippen LogP contribution in [-0.2, 0) is 10.1 Å². The molecule has 0 aliphatic rings. The van der Waals surface area contributed by atoms with Gasteiger partial charge in [-0.2, -0.15) is 8.42 Å². The second-order valence-electron chi connectivity index (χ2n) is 2.78. The van der Waals surface area contributed by atoms with E-state index in [-0.39, 0.29) is 6.42 Å². The molecule has 5 N–H and O–H groups in total. The summed E-state index contributed by atoms with van der Waals surface area (Å²) in [6.07, 6.45) is 0.197. The fourth-order valence-electron chi connectivity index (χ4n) is 0.971. The predicted octanol–water partition coefficient (Wildman–Crippen LogP) is -0.714. The molecule has 0 aliphatic heterocycles. The molecular weight excluding hydrogens is 168 g/mol. The van der Waals surface area contributed by atoms with Crippen molar-refractivity contribution in [3.63, 3.8) is 0 Å². The van der Waals surface area contributed by atoms with Crippen LogP contribution in [0.2, 0.25) is 0 Å². The highest BCUT2D eigenvalue weighted by molar-refractivity contribution is 7.86. The van der Waals surface area contributed by atoms with Crippen molar-refractivity contribution >= 4 is 10.1 Å². The summed E-state index contributed by atoms with van der Waals surface area (Å²) in [7, 11) is -4.12. The van der Waals surface area contributed by atoms with Gasteiger partial charge in [0.05, 0.1) is 5.66 Å². The first-order valence-electron chi connectivity index (χ1n) is 3.23. The number of hydrogen-bond donors (Lipinski definition) is 3. The van der Waals surface area contributed by atoms with Crippen LogP contribution in [0.3, 0.4) is 0 Å². The van der Waals surface area contributed by atoms with Gasteiger partial charge in [0.25, 0.3) is 10.1 Å². The molecule has 0 radical (unpaired) electrons. The van der Waals surface area contributed by atoms with E-state index in [2.05, 4.69) is 0 Å². The molecule has 0 rings (SSSR count). The van der Waals surface area contributed by atoms with Crippen LogP contribution in [0.5, 0.6) is 0 Å². The topological polar surface area (TPSA) is 106 Å². The minimum Gasteiger partial charge on any atom is -0.313 e. The second-order valence-corrected chi connectivity index (χ2v) is 4.38. The van der Waals surface area contributed by atoms with Crippen molar-refractivity contribution in [1.82, 2.24) is 0 Å². The molecule has 0 aromatic rings. The largest absolute Gasteiger partial charge is 0.313 e. The highest BCUT2D eigenvalue weighted by Gasteiger charge is 2.34. The average molecular weight is 182 g/mol. The van der Waals surface area contributed by atoms with E-state index >= 15 is 0 Å². The van der Waals surface area contributed by atoms with E-state index in [1.807, 2.05) is 0 Å². The molecule has 0 saturated heterocycles. The van der Waals surface area contributed by atoms with Gasteiger partial charge in [-0.1, -0.05) is 6.92 Å². The molecule has 6 heteroatoms. The van der Waals surface area contributed by atoms with Gasteiger partial charge < -0.3 is 11.5 Å². The lowest BCUT2D eigenvalue weighted by Gasteiger charge is -2.26. The highest BCUT2D eigenvalue weighted by Crippen LogP contribution is 2.12. The minimum absolute atomic E-state index is 0.197. The van der Waals surface area contributed by atoms with Crippen LogP contribution in [0.1, 0.15) is 20.3 Å². The van der Waals surface area contributed by atoms with Gasteiger partial charge in [-0.3, -0.25) is 4.55 Å². The molecule has 5 nitrogen and oxygen atoms in total. The van der Waals surface area contributed by atoms with Crippen LogP contribution in [-0.4, -0.2) is 23.9 Å². The summed E-state index contributed by atoms with van der Waals surface area (Å²) in [5.41, 5.74) is 9.24. The Hall–Kier alpha value is -0.170. The quantitative estimate of drug-likeness (QED) is 0.394. The van der Waals surface area contributed by atoms with E-state index in [1.54, 1.807) is 6.92 Å². The lowest BCUT2D eigenvalue weighted by molar-refractivity contribution is 0.393. The zero-order valence-electron chi connectivity index (χ0n) is 6.61. The third-order valence-electron chi connectivity index (χ3n) is 1.42. The summed E-state index contributed by atoms with van der Waals surface area (Å²) in [6.45, 7) is 2.95. The normalized spacial score (nSPS) is 16.5. The Labute approximate surface area is 66.5 Å². The van der Waals surface area contributed by atoms with Crippen molar-refractivity contribution in [2.45, 2.75) is 31.2 Å². The van der Waals surface area contributed by atoms with Gasteiger partial charge in [0.15, 0.2) is 0 Å². The molecule has 1 atom stereocenters. The molecule has 1 unspecified atom stereocenters. The molecule has 0 aromatic heterocycles. The summed E-state index contributed by atoms with van der Waals surface area (Å²) in [4.78, 5) is 0. The molecule has 0 fully saturated rings. The van der Waals surface area contributed by atoms with E-state index in [1.165, 1.54) is 6.92 Å². The first-order valence-corrected chi connectivity index (χ1v) is 4.74. The molecule has 11 heavy (non-hydrogen) atoms. The zero-order valence-corrected chi connectivity index (χ0v) is 7.43. The Morgan fingerprint density at radius 3 is 1.91 bits per heavy atom. The lowest BCUT2D eigenvalue weighted by atomic mass is 10.1. The molecule has 0 amide bonds. The Morgan fingerprint density at radius 2 is 1.91 bits per heavy atom. The zero-order chi connectivity index (χ0) is 9.28. The van der Waals surface area contributed by atoms with Crippen LogP contribution >= 0.6 is 0 Å². The molecule has 0 bridgehead atoms. The lowest BCUT2D eigenvalue weighted by Crippen LogP contribution is -2.58. The summed E-state index contributed by atoms with van der Waals surface area (Å²) >= 11 is 0. The monoisotopic (exact) mass is 182 g/mol. The number of hydrogen-bond acceptors (Lipinski definition) is 4. The van der Waals surface area contributed by atoms with Crippen molar-refractivity contribution in [2.75, 3.05) is 0 Å². The van der Waals surface area contributed by atoms with Crippen molar-refractivity contribution in [3.05, 3.63) is 0 Å². The molecule has 0 spiro atoms. The Kier molecular flexibility index (Phi) is 3.01. The van der Waals surface area contributed by atoms with E-state index in [0.29, 0.717) is 0 Å². The first kappa shape index (κ1) is 10.8. The van der Waals surface area contributed by atoms with Gasteiger partial charge in [0, 0.05) is 0 Å². The Bertz CT molecular complexity index is 216. The van der Waals surface area contributed by atoms with Gasteiger partial charge >= 0.3 is 0 Å². The SMILES string of the molecule is CCC(C(C)(N)N)S(=O)(=O)O. The van der Waals surface area contributed by atoms with Crippen molar-refractivity contribution in [2.24, 2.45) is 11.5 Å². The van der Waals surface area contributed by atoms with Crippen LogP contribution < -0.4 is 11.5 Å². The minimum atomic E-state index is -4.12. The van der Waals surface area contributed by atoms with Crippen LogP contribution in [0.25, 0.3) is 0 Å². The molecule has 0 heterocycles. The van der Waals surface area contributed by atoms with Gasteiger partial charge in [-0.15, -0.1) is 0 Å². The third kappa shape index (κ3) is 3.15. The summed E-state index contributed by atoms with van der Waals surface area (Å²) < 4.78 is 29.8. The van der Waals surface area contributed by atoms with Crippen LogP contribution in [0.4, 0.5) is 0 Å². The predicted molar refractivity (Wildman–Crippen MR) is 42.4 cm³/mol. The molecular formula is C5H14N2O3S. The van der Waals surface area contributed by atoms with Crippen molar-refractivity contribution in [1.29, 1.82) is 0 Å². The van der Waals surface area contributed by atoms with E-state index < -0.39 is 21.0 Å². The first-order chi connectivity index (χ1) is 4.69. The van der Waals surface area contributed by atoms with Gasteiger partial charge in [-0.25, -0.2) is 0 Å². The van der Waals surface area contributed by atoms with Crippen molar-refractivity contribution < 1.29 is 13.0 Å². The van der Waals surface area contributed by atoms with Gasteiger partial charge in [-0.05, 0) is 13.3 Å². The maximum Gasteiger partial charge on any atom is 0.270 e. The summed E-state index contributed by atoms with van der Waals surface area (Å²) in [5.74, 6) is 0. The third-order valence-corrected chi connectivity index (χ3v) is 2.98.